The molecule has 0 unspecified atom stereocenters. The molecule has 5 nitrogen and oxygen atoms in total. The van der Waals surface area contributed by atoms with Gasteiger partial charge in [0.2, 0.25) is 0 Å². The van der Waals surface area contributed by atoms with E-state index in [0.717, 1.165) is 11.6 Å². The number of rotatable bonds is 5. The number of hydrogen-bond donors (Lipinski definition) is 2. The highest BCUT2D eigenvalue weighted by atomic mass is 16.5. The Bertz CT molecular complexity index is 773. The lowest BCUT2D eigenvalue weighted by Crippen LogP contribution is -2.00. The second kappa shape index (κ2) is 6.79. The van der Waals surface area contributed by atoms with Crippen LogP contribution in [0.1, 0.15) is 33.2 Å². The van der Waals surface area contributed by atoms with E-state index in [1.54, 1.807) is 37.5 Å². The molecule has 0 fully saturated rings. The van der Waals surface area contributed by atoms with Crippen molar-refractivity contribution in [3.05, 3.63) is 59.2 Å². The first-order valence-electron chi connectivity index (χ1n) is 6.85. The quantitative estimate of drug-likeness (QED) is 0.654. The molecule has 0 atom stereocenters. The molecule has 0 aromatic heterocycles. The molecule has 2 aromatic rings. The molecule has 2 N–H and O–H groups in total. The van der Waals surface area contributed by atoms with Gasteiger partial charge in [-0.05, 0) is 36.8 Å². The van der Waals surface area contributed by atoms with Gasteiger partial charge in [0.05, 0.1) is 18.2 Å². The number of methoxy groups -OCH3 is 1. The van der Waals surface area contributed by atoms with E-state index in [9.17, 15) is 19.8 Å². The summed E-state index contributed by atoms with van der Waals surface area (Å²) in [7, 11) is 1.56. The van der Waals surface area contributed by atoms with Gasteiger partial charge in [-0.1, -0.05) is 18.2 Å². The van der Waals surface area contributed by atoms with Crippen LogP contribution in [-0.4, -0.2) is 28.9 Å². The summed E-state index contributed by atoms with van der Waals surface area (Å²) in [6.07, 6.45) is 2.87. The van der Waals surface area contributed by atoms with Crippen LogP contribution in [0.25, 0.3) is 6.08 Å². The standard InChI is InChI=1S/C18H16O5/c1-11(19)14-9-15(18(22)10-17(14)21)16(20)8-5-12-3-6-13(23-2)7-4-12/h3-10,21-22H,1-2H3. The molecule has 5 heteroatoms. The minimum atomic E-state index is -0.471. The van der Waals surface area contributed by atoms with Crippen LogP contribution in [0.2, 0.25) is 0 Å². The van der Waals surface area contributed by atoms with Crippen LogP contribution in [0, 0.1) is 0 Å². The number of Topliss-reactive ketones (excluding diaryl/α,β-unsaturated/α-hetero) is 1. The van der Waals surface area contributed by atoms with Crippen LogP contribution in [0.3, 0.4) is 0 Å². The van der Waals surface area contributed by atoms with Crippen LogP contribution in [0.4, 0.5) is 0 Å². The van der Waals surface area contributed by atoms with E-state index in [4.69, 9.17) is 4.74 Å². The zero-order valence-electron chi connectivity index (χ0n) is 12.7. The molecular formula is C18H16O5. The van der Waals surface area contributed by atoms with Gasteiger partial charge in [-0.2, -0.15) is 0 Å². The first kappa shape index (κ1) is 16.3. The van der Waals surface area contributed by atoms with E-state index in [1.165, 1.54) is 19.1 Å². The predicted octanol–water partition coefficient (Wildman–Crippen LogP) is 3.21. The molecular weight excluding hydrogens is 296 g/mol. The number of allylic oxidation sites excluding steroid dienone is 1. The van der Waals surface area contributed by atoms with Gasteiger partial charge in [0.25, 0.3) is 0 Å². The fraction of sp³-hybridized carbons (Fsp3) is 0.111. The Morgan fingerprint density at radius 1 is 1.00 bits per heavy atom. The maximum absolute atomic E-state index is 12.2. The first-order chi connectivity index (χ1) is 10.9. The van der Waals surface area contributed by atoms with Gasteiger partial charge in [-0.25, -0.2) is 0 Å². The third-order valence-electron chi connectivity index (χ3n) is 3.30. The largest absolute Gasteiger partial charge is 0.507 e. The number of hydrogen-bond acceptors (Lipinski definition) is 5. The zero-order valence-corrected chi connectivity index (χ0v) is 12.7. The summed E-state index contributed by atoms with van der Waals surface area (Å²) >= 11 is 0. The number of benzene rings is 2. The summed E-state index contributed by atoms with van der Waals surface area (Å²) in [4.78, 5) is 23.6. The number of ether oxygens (including phenoxy) is 1. The predicted molar refractivity (Wildman–Crippen MR) is 86.1 cm³/mol. The summed E-state index contributed by atoms with van der Waals surface area (Å²) in [5.41, 5.74) is 0.728. The third-order valence-corrected chi connectivity index (χ3v) is 3.30. The van der Waals surface area contributed by atoms with Crippen molar-refractivity contribution in [2.45, 2.75) is 6.92 Å². The maximum atomic E-state index is 12.2. The highest BCUT2D eigenvalue weighted by molar-refractivity contribution is 6.10. The molecule has 0 radical (unpaired) electrons. The number of phenolic OH excluding ortho intramolecular Hbond substituents is 2. The van der Waals surface area contributed by atoms with E-state index in [-0.39, 0.29) is 22.6 Å². The second-order valence-corrected chi connectivity index (χ2v) is 4.91. The monoisotopic (exact) mass is 312 g/mol. The fourth-order valence-corrected chi connectivity index (χ4v) is 2.03. The van der Waals surface area contributed by atoms with E-state index in [1.807, 2.05) is 0 Å². The zero-order chi connectivity index (χ0) is 17.0. The maximum Gasteiger partial charge on any atom is 0.189 e. The van der Waals surface area contributed by atoms with Crippen LogP contribution >= 0.6 is 0 Å². The van der Waals surface area contributed by atoms with Gasteiger partial charge in [0.1, 0.15) is 17.2 Å². The van der Waals surface area contributed by atoms with Crippen molar-refractivity contribution in [1.29, 1.82) is 0 Å². The van der Waals surface area contributed by atoms with Crippen LogP contribution < -0.4 is 4.74 Å². The van der Waals surface area contributed by atoms with Gasteiger partial charge >= 0.3 is 0 Å². The van der Waals surface area contributed by atoms with Crippen molar-refractivity contribution in [2.75, 3.05) is 7.11 Å². The second-order valence-electron chi connectivity index (χ2n) is 4.91. The number of phenols is 2. The molecule has 0 amide bonds. The van der Waals surface area contributed by atoms with E-state index in [2.05, 4.69) is 0 Å². The van der Waals surface area contributed by atoms with E-state index < -0.39 is 11.6 Å². The Morgan fingerprint density at radius 2 is 1.61 bits per heavy atom. The van der Waals surface area contributed by atoms with Gasteiger partial charge in [0, 0.05) is 6.07 Å². The molecule has 0 heterocycles. The molecule has 0 saturated carbocycles. The van der Waals surface area contributed by atoms with Crippen molar-refractivity contribution >= 4 is 17.6 Å². The molecule has 0 spiro atoms. The SMILES string of the molecule is COc1ccc(C=CC(=O)c2cc(C(C)=O)c(O)cc2O)cc1. The smallest absolute Gasteiger partial charge is 0.189 e. The number of aromatic hydroxyl groups is 2. The molecule has 2 aromatic carbocycles. The Hall–Kier alpha value is -3.08. The molecule has 2 rings (SSSR count). The first-order valence-corrected chi connectivity index (χ1v) is 6.85. The summed E-state index contributed by atoms with van der Waals surface area (Å²) in [6, 6.07) is 9.26. The Kier molecular flexibility index (Phi) is 4.81. The van der Waals surface area contributed by atoms with Crippen molar-refractivity contribution in [1.82, 2.24) is 0 Å². The van der Waals surface area contributed by atoms with Crippen molar-refractivity contribution < 1.29 is 24.5 Å². The lowest BCUT2D eigenvalue weighted by Gasteiger charge is -2.06. The van der Waals surface area contributed by atoms with E-state index in [0.29, 0.717) is 5.75 Å². The van der Waals surface area contributed by atoms with Gasteiger partial charge in [-0.15, -0.1) is 0 Å². The lowest BCUT2D eigenvalue weighted by atomic mass is 10.0. The molecule has 118 valence electrons. The van der Waals surface area contributed by atoms with Crippen LogP contribution in [0.15, 0.2) is 42.5 Å². The number of ketones is 2. The number of carbonyl (C=O) groups is 2. The summed E-state index contributed by atoms with van der Waals surface area (Å²) in [6.45, 7) is 1.27. The van der Waals surface area contributed by atoms with Crippen LogP contribution in [-0.2, 0) is 0 Å². The van der Waals surface area contributed by atoms with Crippen molar-refractivity contribution in [3.63, 3.8) is 0 Å². The molecule has 23 heavy (non-hydrogen) atoms. The topological polar surface area (TPSA) is 83.8 Å². The Labute approximate surface area is 133 Å². The summed E-state index contributed by atoms with van der Waals surface area (Å²) in [5.74, 6) is -0.894. The van der Waals surface area contributed by atoms with Gasteiger partial charge < -0.3 is 14.9 Å². The Morgan fingerprint density at radius 3 is 2.17 bits per heavy atom. The minimum absolute atomic E-state index is 0.0102. The summed E-state index contributed by atoms with van der Waals surface area (Å²) < 4.78 is 5.05. The van der Waals surface area contributed by atoms with Gasteiger partial charge in [0.15, 0.2) is 11.6 Å². The molecule has 0 bridgehead atoms. The molecule has 0 aliphatic carbocycles. The number of carbonyl (C=O) groups excluding carboxylic acids is 2. The average Bonchev–Trinajstić information content (AvgIpc) is 2.52. The van der Waals surface area contributed by atoms with Crippen LogP contribution in [0.5, 0.6) is 17.2 Å². The minimum Gasteiger partial charge on any atom is -0.507 e. The fourth-order valence-electron chi connectivity index (χ4n) is 2.03. The lowest BCUT2D eigenvalue weighted by molar-refractivity contribution is 0.101. The summed E-state index contributed by atoms with van der Waals surface area (Å²) in [5, 5.41) is 19.4. The third kappa shape index (κ3) is 3.77. The van der Waals surface area contributed by atoms with E-state index >= 15 is 0 Å². The average molecular weight is 312 g/mol. The molecule has 0 saturated heterocycles. The highest BCUT2D eigenvalue weighted by Crippen LogP contribution is 2.28. The highest BCUT2D eigenvalue weighted by Gasteiger charge is 2.15. The van der Waals surface area contributed by atoms with Gasteiger partial charge in [-0.3, -0.25) is 9.59 Å². The molecule has 0 aliphatic rings. The molecule has 0 aliphatic heterocycles. The Balaban J connectivity index is 2.27. The van der Waals surface area contributed by atoms with Crippen molar-refractivity contribution in [3.8, 4) is 17.2 Å². The van der Waals surface area contributed by atoms with Crippen molar-refractivity contribution in [2.24, 2.45) is 0 Å². The normalized spacial score (nSPS) is 10.7.